The molecule has 1 amide bonds. The standard InChI is InChI=1S/C20H28N2O3/c1-14(13-19(23)25-2)15-3-5-17(6-4-15)21-20(24)16-9-11-22(12-10-16)18-7-8-18/h3-6,14,16,18H,7-13H2,1-2H3,(H,21,24)/t14-/m0/s1. The van der Waals surface area contributed by atoms with Gasteiger partial charge in [-0.15, -0.1) is 0 Å². The summed E-state index contributed by atoms with van der Waals surface area (Å²) in [5.41, 5.74) is 1.89. The number of rotatable bonds is 6. The fourth-order valence-electron chi connectivity index (χ4n) is 3.56. The Balaban J connectivity index is 1.49. The van der Waals surface area contributed by atoms with E-state index >= 15 is 0 Å². The molecule has 0 unspecified atom stereocenters. The Morgan fingerprint density at radius 1 is 1.16 bits per heavy atom. The van der Waals surface area contributed by atoms with Crippen LogP contribution in [0.15, 0.2) is 24.3 Å². The van der Waals surface area contributed by atoms with Crippen LogP contribution in [0.2, 0.25) is 0 Å². The van der Waals surface area contributed by atoms with Gasteiger partial charge in [-0.25, -0.2) is 0 Å². The molecule has 136 valence electrons. The first-order chi connectivity index (χ1) is 12.1. The van der Waals surface area contributed by atoms with Gasteiger partial charge in [-0.3, -0.25) is 9.59 Å². The van der Waals surface area contributed by atoms with Crippen LogP contribution in [0.4, 0.5) is 5.69 Å². The summed E-state index contributed by atoms with van der Waals surface area (Å²) < 4.78 is 4.71. The molecule has 1 atom stereocenters. The highest BCUT2D eigenvalue weighted by atomic mass is 16.5. The Hall–Kier alpha value is -1.88. The van der Waals surface area contributed by atoms with Crippen molar-refractivity contribution in [3.05, 3.63) is 29.8 Å². The van der Waals surface area contributed by atoms with Crippen molar-refractivity contribution in [2.24, 2.45) is 5.92 Å². The molecule has 2 fully saturated rings. The van der Waals surface area contributed by atoms with Crippen LogP contribution in [-0.4, -0.2) is 43.0 Å². The molecule has 5 nitrogen and oxygen atoms in total. The van der Waals surface area contributed by atoms with Gasteiger partial charge in [0.25, 0.3) is 0 Å². The number of carbonyl (C=O) groups is 2. The van der Waals surface area contributed by atoms with Gasteiger partial charge < -0.3 is 15.0 Å². The third kappa shape index (κ3) is 4.82. The number of carbonyl (C=O) groups excluding carboxylic acids is 2. The number of methoxy groups -OCH3 is 1. The maximum atomic E-state index is 12.5. The summed E-state index contributed by atoms with van der Waals surface area (Å²) in [5.74, 6) is 0.144. The molecule has 1 aliphatic carbocycles. The number of anilines is 1. The van der Waals surface area contributed by atoms with E-state index in [-0.39, 0.29) is 23.7 Å². The average Bonchev–Trinajstić information content (AvgIpc) is 3.47. The lowest BCUT2D eigenvalue weighted by atomic mass is 9.95. The van der Waals surface area contributed by atoms with E-state index in [9.17, 15) is 9.59 Å². The summed E-state index contributed by atoms with van der Waals surface area (Å²) in [6.45, 7) is 4.09. The van der Waals surface area contributed by atoms with Gasteiger partial charge in [-0.2, -0.15) is 0 Å². The topological polar surface area (TPSA) is 58.6 Å². The molecule has 1 aromatic rings. The van der Waals surface area contributed by atoms with Crippen LogP contribution in [0.3, 0.4) is 0 Å². The molecule has 0 aromatic heterocycles. The summed E-state index contributed by atoms with van der Waals surface area (Å²) in [5, 5.41) is 3.04. The minimum atomic E-state index is -0.206. The normalized spacial score (nSPS) is 20.1. The molecule has 25 heavy (non-hydrogen) atoms. The highest BCUT2D eigenvalue weighted by Gasteiger charge is 2.33. The molecule has 1 saturated heterocycles. The minimum Gasteiger partial charge on any atom is -0.469 e. The highest BCUT2D eigenvalue weighted by Crippen LogP contribution is 2.31. The van der Waals surface area contributed by atoms with Crippen molar-refractivity contribution >= 4 is 17.6 Å². The maximum absolute atomic E-state index is 12.5. The number of nitrogens with zero attached hydrogens (tertiary/aromatic N) is 1. The Morgan fingerprint density at radius 3 is 2.36 bits per heavy atom. The van der Waals surface area contributed by atoms with E-state index in [0.29, 0.717) is 6.42 Å². The zero-order valence-corrected chi connectivity index (χ0v) is 15.2. The van der Waals surface area contributed by atoms with Crippen LogP contribution in [0.25, 0.3) is 0 Å². The van der Waals surface area contributed by atoms with Crippen LogP contribution in [0.1, 0.15) is 50.5 Å². The number of likely N-dealkylation sites (tertiary alicyclic amines) is 1. The van der Waals surface area contributed by atoms with Gasteiger partial charge >= 0.3 is 5.97 Å². The highest BCUT2D eigenvalue weighted by molar-refractivity contribution is 5.92. The molecule has 1 saturated carbocycles. The quantitative estimate of drug-likeness (QED) is 0.805. The lowest BCUT2D eigenvalue weighted by molar-refractivity contribution is -0.141. The van der Waals surface area contributed by atoms with Crippen LogP contribution < -0.4 is 5.32 Å². The Kier molecular flexibility index (Phi) is 5.74. The van der Waals surface area contributed by atoms with Gasteiger partial charge in [0.2, 0.25) is 5.91 Å². The second kappa shape index (κ2) is 8.00. The van der Waals surface area contributed by atoms with E-state index in [1.54, 1.807) is 0 Å². The average molecular weight is 344 g/mol. The Bertz CT molecular complexity index is 602. The molecule has 0 spiro atoms. The monoisotopic (exact) mass is 344 g/mol. The molecule has 2 aliphatic rings. The van der Waals surface area contributed by atoms with Gasteiger partial charge in [0.15, 0.2) is 0 Å². The molecule has 5 heteroatoms. The fraction of sp³-hybridized carbons (Fsp3) is 0.600. The van der Waals surface area contributed by atoms with Crippen molar-refractivity contribution in [2.45, 2.75) is 51.0 Å². The third-order valence-corrected chi connectivity index (χ3v) is 5.41. The predicted molar refractivity (Wildman–Crippen MR) is 97.4 cm³/mol. The maximum Gasteiger partial charge on any atom is 0.306 e. The summed E-state index contributed by atoms with van der Waals surface area (Å²) in [6, 6.07) is 8.57. The molecule has 1 aromatic carbocycles. The second-order valence-corrected chi connectivity index (χ2v) is 7.33. The lowest BCUT2D eigenvalue weighted by Crippen LogP contribution is -2.39. The smallest absolute Gasteiger partial charge is 0.306 e. The van der Waals surface area contributed by atoms with E-state index in [1.807, 2.05) is 31.2 Å². The second-order valence-electron chi connectivity index (χ2n) is 7.33. The number of hydrogen-bond acceptors (Lipinski definition) is 4. The molecule has 1 N–H and O–H groups in total. The van der Waals surface area contributed by atoms with Crippen LogP contribution in [-0.2, 0) is 14.3 Å². The first-order valence-electron chi connectivity index (χ1n) is 9.28. The summed E-state index contributed by atoms with van der Waals surface area (Å²) in [6.07, 6.45) is 4.93. The van der Waals surface area contributed by atoms with Crippen LogP contribution in [0, 0.1) is 5.92 Å². The van der Waals surface area contributed by atoms with Crippen molar-refractivity contribution in [1.29, 1.82) is 0 Å². The van der Waals surface area contributed by atoms with Gasteiger partial charge in [0.05, 0.1) is 13.5 Å². The van der Waals surface area contributed by atoms with Crippen molar-refractivity contribution in [1.82, 2.24) is 4.90 Å². The molecular weight excluding hydrogens is 316 g/mol. The van der Waals surface area contributed by atoms with E-state index in [1.165, 1.54) is 20.0 Å². The summed E-state index contributed by atoms with van der Waals surface area (Å²) in [4.78, 5) is 26.4. The Labute approximate surface area is 149 Å². The number of esters is 1. The van der Waals surface area contributed by atoms with Crippen molar-refractivity contribution < 1.29 is 14.3 Å². The van der Waals surface area contributed by atoms with Crippen molar-refractivity contribution in [2.75, 3.05) is 25.5 Å². The first-order valence-corrected chi connectivity index (χ1v) is 9.28. The minimum absolute atomic E-state index is 0.101. The summed E-state index contributed by atoms with van der Waals surface area (Å²) >= 11 is 0. The third-order valence-electron chi connectivity index (χ3n) is 5.41. The number of nitrogens with one attached hydrogen (secondary N) is 1. The summed E-state index contributed by atoms with van der Waals surface area (Å²) in [7, 11) is 1.41. The van der Waals surface area contributed by atoms with Crippen molar-refractivity contribution in [3.63, 3.8) is 0 Å². The van der Waals surface area contributed by atoms with Crippen LogP contribution in [0.5, 0.6) is 0 Å². The number of amides is 1. The largest absolute Gasteiger partial charge is 0.469 e. The van der Waals surface area contributed by atoms with Gasteiger partial charge in [0, 0.05) is 17.6 Å². The number of hydrogen-bond donors (Lipinski definition) is 1. The zero-order chi connectivity index (χ0) is 17.8. The first kappa shape index (κ1) is 17.9. The van der Waals surface area contributed by atoms with Crippen LogP contribution >= 0.6 is 0 Å². The molecule has 0 bridgehead atoms. The van der Waals surface area contributed by atoms with Gasteiger partial charge in [-0.1, -0.05) is 19.1 Å². The van der Waals surface area contributed by atoms with E-state index in [2.05, 4.69) is 10.2 Å². The molecule has 0 radical (unpaired) electrons. The van der Waals surface area contributed by atoms with E-state index < -0.39 is 0 Å². The molecule has 1 heterocycles. The number of ether oxygens (including phenoxy) is 1. The van der Waals surface area contributed by atoms with E-state index in [0.717, 1.165) is 43.2 Å². The molecule has 1 aliphatic heterocycles. The van der Waals surface area contributed by atoms with Crippen molar-refractivity contribution in [3.8, 4) is 0 Å². The molecular formula is C20H28N2O3. The SMILES string of the molecule is COC(=O)C[C@H](C)c1ccc(NC(=O)C2CCN(C3CC3)CC2)cc1. The Morgan fingerprint density at radius 2 is 1.80 bits per heavy atom. The zero-order valence-electron chi connectivity index (χ0n) is 15.2. The van der Waals surface area contributed by atoms with E-state index in [4.69, 9.17) is 4.74 Å². The number of benzene rings is 1. The fourth-order valence-corrected chi connectivity index (χ4v) is 3.56. The predicted octanol–water partition coefficient (Wildman–Crippen LogP) is 3.17. The lowest BCUT2D eigenvalue weighted by Gasteiger charge is -2.31. The van der Waals surface area contributed by atoms with Gasteiger partial charge in [-0.05, 0) is 62.4 Å². The molecule has 3 rings (SSSR count). The number of piperidine rings is 1. The van der Waals surface area contributed by atoms with Gasteiger partial charge in [0.1, 0.15) is 0 Å².